The lowest BCUT2D eigenvalue weighted by atomic mass is 9.95. The highest BCUT2D eigenvalue weighted by Gasteiger charge is 2.26. The third-order valence-corrected chi connectivity index (χ3v) is 6.23. The molecule has 3 aromatic rings. The van der Waals surface area contributed by atoms with E-state index in [1.807, 2.05) is 0 Å². The van der Waals surface area contributed by atoms with Crippen LogP contribution in [0.1, 0.15) is 46.7 Å². The van der Waals surface area contributed by atoms with Crippen LogP contribution in [0.3, 0.4) is 0 Å². The first kappa shape index (κ1) is 27.3. The molecule has 1 aliphatic heterocycles. The number of hydrogen-bond donors (Lipinski definition) is 0. The predicted molar refractivity (Wildman–Crippen MR) is 141 cm³/mol. The number of benzene rings is 2. The number of hydrogen-bond acceptors (Lipinski definition) is 9. The van der Waals surface area contributed by atoms with Gasteiger partial charge in [0.2, 0.25) is 5.82 Å². The van der Waals surface area contributed by atoms with Crippen molar-refractivity contribution in [3.05, 3.63) is 111 Å². The van der Waals surface area contributed by atoms with Crippen LogP contribution in [-0.4, -0.2) is 38.6 Å². The van der Waals surface area contributed by atoms with Gasteiger partial charge in [-0.1, -0.05) is 30.3 Å². The SMILES string of the molecule is CC(=O)Oc1cccnc1OC(=O)c1cccc(C(=O)n2c(=O)c(F)cn(C3CCCO3)c2=O)c1.c1cc2ccc1-2. The zero-order chi connectivity index (χ0) is 29.1. The van der Waals surface area contributed by atoms with Crippen molar-refractivity contribution in [3.8, 4) is 22.8 Å². The highest BCUT2D eigenvalue weighted by atomic mass is 19.1. The molecule has 3 heterocycles. The second-order valence-corrected chi connectivity index (χ2v) is 9.03. The van der Waals surface area contributed by atoms with Gasteiger partial charge in [0.05, 0.1) is 11.8 Å². The molecule has 1 unspecified atom stereocenters. The minimum Gasteiger partial charge on any atom is -0.421 e. The first-order chi connectivity index (χ1) is 19.7. The molecule has 1 atom stereocenters. The summed E-state index contributed by atoms with van der Waals surface area (Å²) >= 11 is 0. The summed E-state index contributed by atoms with van der Waals surface area (Å²) in [4.78, 5) is 66.0. The van der Waals surface area contributed by atoms with Crippen LogP contribution in [-0.2, 0) is 9.53 Å². The van der Waals surface area contributed by atoms with Gasteiger partial charge in [-0.25, -0.2) is 14.6 Å². The minimum atomic E-state index is -1.43. The number of nitrogens with zero attached hydrogens (tertiary/aromatic N) is 3. The van der Waals surface area contributed by atoms with Gasteiger partial charge in [0.15, 0.2) is 5.75 Å². The molecule has 0 N–H and O–H groups in total. The Bertz CT molecular complexity index is 1750. The molecule has 208 valence electrons. The first-order valence-corrected chi connectivity index (χ1v) is 12.5. The van der Waals surface area contributed by atoms with E-state index in [-0.39, 0.29) is 27.3 Å². The van der Waals surface area contributed by atoms with Crippen LogP contribution in [0, 0.1) is 5.82 Å². The van der Waals surface area contributed by atoms with Crippen molar-refractivity contribution in [1.29, 1.82) is 0 Å². The molecular weight excluding hydrogens is 537 g/mol. The van der Waals surface area contributed by atoms with Crippen LogP contribution in [0.2, 0.25) is 0 Å². The molecule has 0 radical (unpaired) electrons. The molecule has 6 rings (SSSR count). The fraction of sp³-hybridized carbons (Fsp3) is 0.172. The number of fused-ring (bicyclic) bond motifs is 1. The molecule has 12 heteroatoms. The van der Waals surface area contributed by atoms with Gasteiger partial charge in [0.25, 0.3) is 17.3 Å². The summed E-state index contributed by atoms with van der Waals surface area (Å²) in [6.07, 6.45) is 2.26. The zero-order valence-electron chi connectivity index (χ0n) is 21.6. The summed E-state index contributed by atoms with van der Waals surface area (Å²) in [7, 11) is 0. The van der Waals surface area contributed by atoms with Crippen molar-refractivity contribution in [2.45, 2.75) is 26.0 Å². The van der Waals surface area contributed by atoms with Crippen LogP contribution in [0.25, 0.3) is 11.1 Å². The Morgan fingerprint density at radius 3 is 2.29 bits per heavy atom. The van der Waals surface area contributed by atoms with E-state index >= 15 is 0 Å². The summed E-state index contributed by atoms with van der Waals surface area (Å²) in [5.74, 6) is -4.45. The van der Waals surface area contributed by atoms with E-state index in [9.17, 15) is 28.4 Å². The van der Waals surface area contributed by atoms with Gasteiger partial charge >= 0.3 is 17.6 Å². The van der Waals surface area contributed by atoms with Gasteiger partial charge < -0.3 is 14.2 Å². The standard InChI is InChI=1S/C23H18FN3O8.C6H4/c1-13(28)34-17-7-3-9-25-19(17)35-22(31)15-6-2-5-14(11-15)20(29)27-21(30)16(24)12-26(23(27)32)18-8-4-10-33-18;1-2-6-4-3-5(1)6/h2-3,5-7,9,11-12,18H,4,8,10H2,1H3;1-4H. The first-order valence-electron chi connectivity index (χ1n) is 12.5. The quantitative estimate of drug-likeness (QED) is 0.297. The Morgan fingerprint density at radius 1 is 0.976 bits per heavy atom. The molecule has 0 bridgehead atoms. The summed E-state index contributed by atoms with van der Waals surface area (Å²) in [6, 6.07) is 16.3. The predicted octanol–water partition coefficient (Wildman–Crippen LogP) is 3.35. The van der Waals surface area contributed by atoms with Crippen LogP contribution in [0.5, 0.6) is 11.6 Å². The van der Waals surface area contributed by atoms with E-state index in [0.717, 1.165) is 17.6 Å². The van der Waals surface area contributed by atoms with E-state index in [0.29, 0.717) is 25.6 Å². The summed E-state index contributed by atoms with van der Waals surface area (Å²) in [6.45, 7) is 1.51. The summed E-state index contributed by atoms with van der Waals surface area (Å²) in [5.41, 5.74) is -0.0314. The Labute approximate surface area is 231 Å². The lowest BCUT2D eigenvalue weighted by Crippen LogP contribution is -2.46. The highest BCUT2D eigenvalue weighted by molar-refractivity contribution is 5.99. The molecule has 1 fully saturated rings. The smallest absolute Gasteiger partial charge is 0.345 e. The Hall–Kier alpha value is -5.23. The summed E-state index contributed by atoms with van der Waals surface area (Å²) in [5, 5.41) is 0. The van der Waals surface area contributed by atoms with Gasteiger partial charge in [0.1, 0.15) is 6.23 Å². The van der Waals surface area contributed by atoms with Crippen LogP contribution >= 0.6 is 0 Å². The molecule has 1 aromatic carbocycles. The number of ether oxygens (including phenoxy) is 3. The lowest BCUT2D eigenvalue weighted by Gasteiger charge is -2.15. The average molecular weight is 560 g/mol. The minimum absolute atomic E-state index is 0.0958. The molecule has 11 nitrogen and oxygen atoms in total. The van der Waals surface area contributed by atoms with Gasteiger partial charge in [-0.2, -0.15) is 8.96 Å². The Balaban J connectivity index is 0.000000490. The molecular formula is C29H22FN3O8. The normalized spacial score (nSPS) is 14.4. The third kappa shape index (κ3) is 5.72. The number of esters is 2. The van der Waals surface area contributed by atoms with Crippen molar-refractivity contribution in [3.63, 3.8) is 0 Å². The molecule has 41 heavy (non-hydrogen) atoms. The number of halogens is 1. The number of aromatic nitrogens is 3. The lowest BCUT2D eigenvalue weighted by molar-refractivity contribution is -0.132. The van der Waals surface area contributed by atoms with E-state index in [4.69, 9.17) is 14.2 Å². The maximum Gasteiger partial charge on any atom is 0.345 e. The van der Waals surface area contributed by atoms with E-state index in [2.05, 4.69) is 29.2 Å². The van der Waals surface area contributed by atoms with Gasteiger partial charge in [0, 0.05) is 25.3 Å². The van der Waals surface area contributed by atoms with Crippen LogP contribution < -0.4 is 20.7 Å². The maximum absolute atomic E-state index is 14.3. The van der Waals surface area contributed by atoms with E-state index in [1.54, 1.807) is 0 Å². The molecule has 2 aromatic heterocycles. The fourth-order valence-corrected chi connectivity index (χ4v) is 4.11. The molecule has 3 aliphatic rings. The van der Waals surface area contributed by atoms with E-state index < -0.39 is 41.1 Å². The number of pyridine rings is 1. The van der Waals surface area contributed by atoms with Crippen LogP contribution in [0.15, 0.2) is 82.6 Å². The van der Waals surface area contributed by atoms with Gasteiger partial charge in [-0.05, 0) is 54.3 Å². The van der Waals surface area contributed by atoms with Crippen LogP contribution in [0.4, 0.5) is 4.39 Å². The fourth-order valence-electron chi connectivity index (χ4n) is 4.11. The molecule has 1 saturated heterocycles. The third-order valence-electron chi connectivity index (χ3n) is 6.23. The van der Waals surface area contributed by atoms with Crippen molar-refractivity contribution >= 4 is 17.8 Å². The molecule has 0 spiro atoms. The van der Waals surface area contributed by atoms with Crippen molar-refractivity contribution in [2.24, 2.45) is 0 Å². The Morgan fingerprint density at radius 2 is 1.68 bits per heavy atom. The largest absolute Gasteiger partial charge is 0.421 e. The average Bonchev–Trinajstić information content (AvgIpc) is 3.49. The number of carbonyl (C=O) groups is 3. The molecule has 0 amide bonds. The zero-order valence-corrected chi connectivity index (χ0v) is 21.6. The maximum atomic E-state index is 14.3. The van der Waals surface area contributed by atoms with Crippen molar-refractivity contribution in [1.82, 2.24) is 14.1 Å². The second kappa shape index (κ2) is 11.5. The summed E-state index contributed by atoms with van der Waals surface area (Å²) < 4.78 is 30.8. The highest BCUT2D eigenvalue weighted by Crippen LogP contribution is 2.29. The number of rotatable bonds is 5. The van der Waals surface area contributed by atoms with E-state index in [1.165, 1.54) is 47.7 Å². The van der Waals surface area contributed by atoms with Gasteiger partial charge in [-0.15, -0.1) is 0 Å². The monoisotopic (exact) mass is 559 g/mol. The molecule has 2 aliphatic carbocycles. The van der Waals surface area contributed by atoms with Gasteiger partial charge in [-0.3, -0.25) is 19.0 Å². The Kier molecular flexibility index (Phi) is 7.66. The second-order valence-electron chi connectivity index (χ2n) is 9.03. The van der Waals surface area contributed by atoms with Crippen molar-refractivity contribution < 1.29 is 33.0 Å². The molecule has 0 saturated carbocycles. The topological polar surface area (TPSA) is 136 Å². The number of carbonyl (C=O) groups excluding carboxylic acids is 3. The van der Waals surface area contributed by atoms with Crippen molar-refractivity contribution in [2.75, 3.05) is 6.61 Å².